The fourth-order valence-corrected chi connectivity index (χ4v) is 2.95. The lowest BCUT2D eigenvalue weighted by Gasteiger charge is -2.04. The molecule has 0 aliphatic heterocycles. The van der Waals surface area contributed by atoms with Crippen LogP contribution in [0, 0.1) is 5.82 Å². The van der Waals surface area contributed by atoms with Crippen LogP contribution in [0.1, 0.15) is 27.0 Å². The van der Waals surface area contributed by atoms with E-state index in [0.29, 0.717) is 16.6 Å². The molecule has 25 heavy (non-hydrogen) atoms. The molecule has 0 aliphatic carbocycles. The first-order valence-corrected chi connectivity index (χ1v) is 8.01. The molecule has 0 unspecified atom stereocenters. The summed E-state index contributed by atoms with van der Waals surface area (Å²) in [7, 11) is 0. The van der Waals surface area contributed by atoms with Crippen LogP contribution >= 0.6 is 0 Å². The van der Waals surface area contributed by atoms with Gasteiger partial charge in [-0.2, -0.15) is 0 Å². The van der Waals surface area contributed by atoms with Crippen LogP contribution in [0.2, 0.25) is 0 Å². The molecule has 0 saturated carbocycles. The summed E-state index contributed by atoms with van der Waals surface area (Å²) in [5, 5.41) is 0.710. The quantitative estimate of drug-likeness (QED) is 0.559. The van der Waals surface area contributed by atoms with Gasteiger partial charge in [0, 0.05) is 23.3 Å². The van der Waals surface area contributed by atoms with Crippen LogP contribution in [0.15, 0.2) is 73.1 Å². The number of pyridine rings is 1. The van der Waals surface area contributed by atoms with Gasteiger partial charge in [0.15, 0.2) is 5.78 Å². The Morgan fingerprint density at radius 3 is 2.52 bits per heavy atom. The van der Waals surface area contributed by atoms with Crippen molar-refractivity contribution in [3.8, 4) is 0 Å². The topological polar surface area (TPSA) is 45.8 Å². The second kappa shape index (κ2) is 6.32. The van der Waals surface area contributed by atoms with Crippen molar-refractivity contribution in [1.29, 1.82) is 0 Å². The molecule has 122 valence electrons. The number of halogens is 1. The number of H-pyrrole nitrogens is 1. The minimum atomic E-state index is -0.518. The van der Waals surface area contributed by atoms with Gasteiger partial charge in [-0.25, -0.2) is 9.37 Å². The van der Waals surface area contributed by atoms with Gasteiger partial charge < -0.3 is 4.98 Å². The molecule has 4 heteroatoms. The zero-order valence-corrected chi connectivity index (χ0v) is 13.4. The second-order valence-corrected chi connectivity index (χ2v) is 5.91. The summed E-state index contributed by atoms with van der Waals surface area (Å²) in [6.45, 7) is 0. The lowest BCUT2D eigenvalue weighted by molar-refractivity contribution is 0.103. The average molecular weight is 330 g/mol. The number of nitrogens with zero attached hydrogens (tertiary/aromatic N) is 1. The Morgan fingerprint density at radius 1 is 0.960 bits per heavy atom. The van der Waals surface area contributed by atoms with E-state index >= 15 is 0 Å². The van der Waals surface area contributed by atoms with Gasteiger partial charge in [-0.1, -0.05) is 42.5 Å². The van der Waals surface area contributed by atoms with Crippen molar-refractivity contribution in [3.63, 3.8) is 0 Å². The van der Waals surface area contributed by atoms with E-state index in [-0.39, 0.29) is 11.3 Å². The van der Waals surface area contributed by atoms with Crippen LogP contribution in [0.5, 0.6) is 0 Å². The lowest BCUT2D eigenvalue weighted by atomic mass is 10.0. The van der Waals surface area contributed by atoms with Gasteiger partial charge in [-0.15, -0.1) is 0 Å². The highest BCUT2D eigenvalue weighted by atomic mass is 19.1. The number of ketones is 1. The van der Waals surface area contributed by atoms with E-state index in [1.165, 1.54) is 17.7 Å². The van der Waals surface area contributed by atoms with Gasteiger partial charge in [0.1, 0.15) is 11.5 Å². The van der Waals surface area contributed by atoms with Crippen molar-refractivity contribution >= 4 is 16.8 Å². The molecule has 0 spiro atoms. The predicted octanol–water partition coefficient (Wildman–Crippen LogP) is 4.52. The summed E-state index contributed by atoms with van der Waals surface area (Å²) in [5.74, 6) is -0.863. The lowest BCUT2D eigenvalue weighted by Crippen LogP contribution is -2.03. The smallest absolute Gasteiger partial charge is 0.198 e. The number of carbonyl (C=O) groups is 1. The van der Waals surface area contributed by atoms with Gasteiger partial charge >= 0.3 is 0 Å². The third-order valence-corrected chi connectivity index (χ3v) is 4.20. The van der Waals surface area contributed by atoms with Crippen molar-refractivity contribution in [1.82, 2.24) is 9.97 Å². The predicted molar refractivity (Wildman–Crippen MR) is 95.2 cm³/mol. The Morgan fingerprint density at radius 2 is 1.72 bits per heavy atom. The molecule has 2 aromatic carbocycles. The Hall–Kier alpha value is -3.27. The van der Waals surface area contributed by atoms with Crippen molar-refractivity contribution in [2.45, 2.75) is 6.42 Å². The highest BCUT2D eigenvalue weighted by Gasteiger charge is 2.18. The Labute approximate surface area is 144 Å². The Kier molecular flexibility index (Phi) is 3.86. The Balaban J connectivity index is 1.74. The minimum Gasteiger partial charge on any atom is -0.345 e. The SMILES string of the molecule is O=C(c1ccccc1F)c1c[nH]c2ncc(Cc3ccccc3)cc12. The van der Waals surface area contributed by atoms with Crippen molar-refractivity contribution in [3.05, 3.63) is 101 Å². The minimum absolute atomic E-state index is 0.0665. The summed E-state index contributed by atoms with van der Waals surface area (Å²) < 4.78 is 14.0. The number of nitrogens with one attached hydrogen (secondary N) is 1. The number of aromatic nitrogens is 2. The fraction of sp³-hybridized carbons (Fsp3) is 0.0476. The third kappa shape index (κ3) is 2.94. The number of aromatic amines is 1. The monoisotopic (exact) mass is 330 g/mol. The first-order chi connectivity index (χ1) is 12.2. The number of hydrogen-bond acceptors (Lipinski definition) is 2. The number of carbonyl (C=O) groups excluding carboxylic acids is 1. The summed E-state index contributed by atoms with van der Waals surface area (Å²) in [6, 6.07) is 18.0. The highest BCUT2D eigenvalue weighted by molar-refractivity contribution is 6.16. The first kappa shape index (κ1) is 15.3. The normalized spacial score (nSPS) is 10.9. The molecule has 0 amide bonds. The molecule has 0 atom stereocenters. The number of fused-ring (bicyclic) bond motifs is 1. The molecule has 0 saturated heterocycles. The Bertz CT molecular complexity index is 1050. The van der Waals surface area contributed by atoms with E-state index in [1.54, 1.807) is 24.5 Å². The molecule has 2 aromatic heterocycles. The average Bonchev–Trinajstić information content (AvgIpc) is 3.06. The molecule has 2 heterocycles. The fourth-order valence-electron chi connectivity index (χ4n) is 2.95. The van der Waals surface area contributed by atoms with Crippen molar-refractivity contribution < 1.29 is 9.18 Å². The maximum absolute atomic E-state index is 14.0. The van der Waals surface area contributed by atoms with Gasteiger partial charge in [-0.3, -0.25) is 4.79 Å². The van der Waals surface area contributed by atoms with E-state index in [0.717, 1.165) is 12.0 Å². The largest absolute Gasteiger partial charge is 0.345 e. The van der Waals surface area contributed by atoms with Gasteiger partial charge in [0.25, 0.3) is 0 Å². The molecule has 4 rings (SSSR count). The molecular weight excluding hydrogens is 315 g/mol. The first-order valence-electron chi connectivity index (χ1n) is 8.01. The van der Waals surface area contributed by atoms with Crippen LogP contribution in [0.25, 0.3) is 11.0 Å². The van der Waals surface area contributed by atoms with E-state index in [2.05, 4.69) is 9.97 Å². The van der Waals surface area contributed by atoms with E-state index < -0.39 is 5.82 Å². The van der Waals surface area contributed by atoms with Gasteiger partial charge in [0.05, 0.1) is 5.56 Å². The van der Waals surface area contributed by atoms with E-state index in [1.807, 2.05) is 36.4 Å². The molecule has 1 N–H and O–H groups in total. The second-order valence-electron chi connectivity index (χ2n) is 5.91. The summed E-state index contributed by atoms with van der Waals surface area (Å²) in [6.07, 6.45) is 4.12. The third-order valence-electron chi connectivity index (χ3n) is 4.20. The number of rotatable bonds is 4. The highest BCUT2D eigenvalue weighted by Crippen LogP contribution is 2.23. The zero-order valence-electron chi connectivity index (χ0n) is 13.4. The van der Waals surface area contributed by atoms with Crippen molar-refractivity contribution in [2.75, 3.05) is 0 Å². The van der Waals surface area contributed by atoms with Gasteiger partial charge in [-0.05, 0) is 35.7 Å². The maximum atomic E-state index is 14.0. The zero-order chi connectivity index (χ0) is 17.2. The standard InChI is InChI=1S/C21H15FN2O/c22-19-9-5-4-8-16(19)20(25)18-13-24-21-17(18)11-15(12-23-21)10-14-6-2-1-3-7-14/h1-9,11-13H,10H2,(H,23,24). The molecule has 3 nitrogen and oxygen atoms in total. The van der Waals surface area contributed by atoms with Crippen LogP contribution in [-0.2, 0) is 6.42 Å². The molecular formula is C21H15FN2O. The summed E-state index contributed by atoms with van der Waals surface area (Å²) in [5.41, 5.74) is 3.29. The van der Waals surface area contributed by atoms with Crippen LogP contribution < -0.4 is 0 Å². The van der Waals surface area contributed by atoms with E-state index in [4.69, 9.17) is 0 Å². The summed E-state index contributed by atoms with van der Waals surface area (Å²) in [4.78, 5) is 20.1. The molecule has 0 aliphatic rings. The maximum Gasteiger partial charge on any atom is 0.198 e. The van der Waals surface area contributed by atoms with E-state index in [9.17, 15) is 9.18 Å². The van der Waals surface area contributed by atoms with Crippen molar-refractivity contribution in [2.24, 2.45) is 0 Å². The molecule has 0 fully saturated rings. The summed E-state index contributed by atoms with van der Waals surface area (Å²) >= 11 is 0. The van der Waals surface area contributed by atoms with Gasteiger partial charge in [0.2, 0.25) is 0 Å². The molecule has 4 aromatic rings. The van der Waals surface area contributed by atoms with Crippen LogP contribution in [0.3, 0.4) is 0 Å². The molecule has 0 bridgehead atoms. The van der Waals surface area contributed by atoms with Crippen LogP contribution in [-0.4, -0.2) is 15.8 Å². The molecule has 0 radical (unpaired) electrons. The number of benzene rings is 2. The number of hydrogen-bond donors (Lipinski definition) is 1. The van der Waals surface area contributed by atoms with Crippen LogP contribution in [0.4, 0.5) is 4.39 Å².